The number of esters is 1. The molecule has 3 atom stereocenters. The lowest BCUT2D eigenvalue weighted by molar-refractivity contribution is -0.150. The first-order chi connectivity index (χ1) is 13.6. The van der Waals surface area contributed by atoms with Crippen molar-refractivity contribution in [3.63, 3.8) is 0 Å². The predicted octanol–water partition coefficient (Wildman–Crippen LogP) is 4.61. The van der Waals surface area contributed by atoms with E-state index in [-0.39, 0.29) is 49.0 Å². The van der Waals surface area contributed by atoms with Crippen molar-refractivity contribution in [1.82, 2.24) is 0 Å². The molecule has 3 unspecified atom stereocenters. The van der Waals surface area contributed by atoms with Crippen LogP contribution in [0.5, 0.6) is 5.75 Å². The summed E-state index contributed by atoms with van der Waals surface area (Å²) in [5.41, 5.74) is -0.271. The van der Waals surface area contributed by atoms with E-state index in [9.17, 15) is 18.0 Å². The van der Waals surface area contributed by atoms with E-state index in [0.29, 0.717) is 25.0 Å². The number of carbonyl (C=O) groups excluding carboxylic acids is 1. The first kappa shape index (κ1) is 23.5. The molecule has 0 saturated carbocycles. The topological polar surface area (TPSA) is 54.0 Å². The fraction of sp³-hybridized carbons (Fsp3) is 0.667. The second-order valence-corrected chi connectivity index (χ2v) is 7.60. The first-order valence-electron chi connectivity index (χ1n) is 9.77. The number of carbonyl (C=O) groups is 1. The molecule has 164 valence electrons. The van der Waals surface area contributed by atoms with Gasteiger partial charge in [-0.3, -0.25) is 4.79 Å². The highest BCUT2D eigenvalue weighted by Crippen LogP contribution is 2.37. The molecule has 2 rings (SSSR count). The minimum atomic E-state index is -4.51. The van der Waals surface area contributed by atoms with Crippen LogP contribution in [-0.4, -0.2) is 38.5 Å². The smallest absolute Gasteiger partial charge is 0.419 e. The molecule has 1 saturated heterocycles. The summed E-state index contributed by atoms with van der Waals surface area (Å²) in [5.74, 6) is -0.409. The number of hydrogen-bond acceptors (Lipinski definition) is 5. The van der Waals surface area contributed by atoms with Gasteiger partial charge in [-0.1, -0.05) is 19.9 Å². The average Bonchev–Trinajstić information content (AvgIpc) is 3.04. The van der Waals surface area contributed by atoms with E-state index in [4.69, 9.17) is 18.9 Å². The molecule has 0 aliphatic carbocycles. The minimum Gasteiger partial charge on any atom is -0.493 e. The number of benzene rings is 1. The summed E-state index contributed by atoms with van der Waals surface area (Å²) in [6.45, 7) is 6.35. The van der Waals surface area contributed by atoms with Gasteiger partial charge < -0.3 is 18.9 Å². The Bertz CT molecular complexity index is 675. The van der Waals surface area contributed by atoms with Gasteiger partial charge in [0.15, 0.2) is 0 Å². The Labute approximate surface area is 169 Å². The van der Waals surface area contributed by atoms with Crippen molar-refractivity contribution < 1.29 is 36.9 Å². The van der Waals surface area contributed by atoms with Gasteiger partial charge in [-0.05, 0) is 30.5 Å². The molecule has 0 N–H and O–H groups in total. The molecule has 0 radical (unpaired) electrons. The van der Waals surface area contributed by atoms with Crippen molar-refractivity contribution in [3.8, 4) is 5.75 Å². The van der Waals surface area contributed by atoms with Crippen molar-refractivity contribution in [3.05, 3.63) is 29.3 Å². The molecule has 29 heavy (non-hydrogen) atoms. The Balaban J connectivity index is 2.00. The van der Waals surface area contributed by atoms with E-state index in [1.165, 1.54) is 19.2 Å². The molecular weight excluding hydrogens is 389 g/mol. The Hall–Kier alpha value is -1.80. The largest absolute Gasteiger partial charge is 0.493 e. The molecule has 0 bridgehead atoms. The van der Waals surface area contributed by atoms with Crippen LogP contribution in [0.4, 0.5) is 13.2 Å². The van der Waals surface area contributed by atoms with Crippen LogP contribution in [-0.2, 0) is 31.8 Å². The van der Waals surface area contributed by atoms with Gasteiger partial charge in [0.25, 0.3) is 0 Å². The highest BCUT2D eigenvalue weighted by molar-refractivity contribution is 5.75. The minimum absolute atomic E-state index is 0.0914. The van der Waals surface area contributed by atoms with Crippen LogP contribution in [0.15, 0.2) is 18.2 Å². The number of cyclic esters (lactones) is 1. The molecule has 0 aromatic heterocycles. The number of methoxy groups -OCH3 is 1. The number of ether oxygens (including phenoxy) is 4. The van der Waals surface area contributed by atoms with Gasteiger partial charge in [-0.15, -0.1) is 0 Å². The standard InChI is InChI=1S/C21H29F3O5/c1-13(2)16-11-18(29-20(16)25)14(3)28-12-15-6-7-17(21(22,23)24)19(10-15)27-9-5-8-26-4/h6-7,10,13-14,16,18H,5,8-9,11-12H2,1-4H3. The summed E-state index contributed by atoms with van der Waals surface area (Å²) >= 11 is 0. The van der Waals surface area contributed by atoms with Crippen LogP contribution < -0.4 is 4.74 Å². The van der Waals surface area contributed by atoms with Crippen molar-refractivity contribution in [1.29, 1.82) is 0 Å². The summed E-state index contributed by atoms with van der Waals surface area (Å²) in [4.78, 5) is 11.9. The number of alkyl halides is 3. The van der Waals surface area contributed by atoms with Gasteiger partial charge in [-0.2, -0.15) is 13.2 Å². The van der Waals surface area contributed by atoms with Crippen LogP contribution in [0, 0.1) is 11.8 Å². The molecular formula is C21H29F3O5. The van der Waals surface area contributed by atoms with Crippen molar-refractivity contribution in [2.24, 2.45) is 11.8 Å². The Morgan fingerprint density at radius 3 is 2.52 bits per heavy atom. The summed E-state index contributed by atoms with van der Waals surface area (Å²) in [7, 11) is 1.52. The maximum absolute atomic E-state index is 13.2. The predicted molar refractivity (Wildman–Crippen MR) is 101 cm³/mol. The molecule has 8 heteroatoms. The normalized spacial score (nSPS) is 20.8. The van der Waals surface area contributed by atoms with E-state index in [1.807, 2.05) is 13.8 Å². The van der Waals surface area contributed by atoms with Crippen LogP contribution in [0.25, 0.3) is 0 Å². The van der Waals surface area contributed by atoms with Crippen molar-refractivity contribution in [2.75, 3.05) is 20.3 Å². The monoisotopic (exact) mass is 418 g/mol. The zero-order valence-corrected chi connectivity index (χ0v) is 17.3. The van der Waals surface area contributed by atoms with Gasteiger partial charge >= 0.3 is 12.1 Å². The lowest BCUT2D eigenvalue weighted by Crippen LogP contribution is -2.25. The Morgan fingerprint density at radius 2 is 1.93 bits per heavy atom. The second kappa shape index (κ2) is 10.3. The summed E-state index contributed by atoms with van der Waals surface area (Å²) < 4.78 is 61.1. The number of rotatable bonds is 10. The molecule has 1 fully saturated rings. The third-order valence-corrected chi connectivity index (χ3v) is 5.00. The molecule has 1 aliphatic heterocycles. The SMILES string of the molecule is COCCCOc1cc(COC(C)C2CC(C(C)C)C(=O)O2)ccc1C(F)(F)F. The van der Waals surface area contributed by atoms with Gasteiger partial charge in [0.2, 0.25) is 0 Å². The van der Waals surface area contributed by atoms with Crippen LogP contribution >= 0.6 is 0 Å². The molecule has 0 spiro atoms. The quantitative estimate of drug-likeness (QED) is 0.410. The summed E-state index contributed by atoms with van der Waals surface area (Å²) in [6.07, 6.45) is -4.16. The van der Waals surface area contributed by atoms with E-state index in [1.54, 1.807) is 6.92 Å². The highest BCUT2D eigenvalue weighted by Gasteiger charge is 2.39. The zero-order valence-electron chi connectivity index (χ0n) is 17.3. The van der Waals surface area contributed by atoms with Crippen LogP contribution in [0.2, 0.25) is 0 Å². The molecule has 1 aliphatic rings. The molecule has 1 aromatic rings. The van der Waals surface area contributed by atoms with E-state index in [2.05, 4.69) is 0 Å². The molecule has 1 heterocycles. The maximum Gasteiger partial charge on any atom is 0.419 e. The highest BCUT2D eigenvalue weighted by atomic mass is 19.4. The molecule has 5 nitrogen and oxygen atoms in total. The second-order valence-electron chi connectivity index (χ2n) is 7.60. The van der Waals surface area contributed by atoms with E-state index in [0.717, 1.165) is 6.07 Å². The van der Waals surface area contributed by atoms with E-state index < -0.39 is 11.7 Å². The zero-order chi connectivity index (χ0) is 21.6. The third-order valence-electron chi connectivity index (χ3n) is 5.00. The molecule has 1 aromatic carbocycles. The van der Waals surface area contributed by atoms with Gasteiger partial charge in [0, 0.05) is 26.6 Å². The van der Waals surface area contributed by atoms with Crippen molar-refractivity contribution in [2.45, 2.75) is 58.6 Å². The lowest BCUT2D eigenvalue weighted by atomic mass is 9.92. The van der Waals surface area contributed by atoms with E-state index >= 15 is 0 Å². The maximum atomic E-state index is 13.2. The summed E-state index contributed by atoms with van der Waals surface area (Å²) in [5, 5.41) is 0. The number of hydrogen-bond donors (Lipinski definition) is 0. The van der Waals surface area contributed by atoms with Gasteiger partial charge in [0.05, 0.1) is 30.8 Å². The van der Waals surface area contributed by atoms with Crippen LogP contribution in [0.1, 0.15) is 44.7 Å². The fourth-order valence-corrected chi connectivity index (χ4v) is 3.19. The fourth-order valence-electron chi connectivity index (χ4n) is 3.19. The van der Waals surface area contributed by atoms with Gasteiger partial charge in [-0.25, -0.2) is 0 Å². The summed E-state index contributed by atoms with van der Waals surface area (Å²) in [6, 6.07) is 3.72. The molecule has 0 amide bonds. The van der Waals surface area contributed by atoms with Crippen molar-refractivity contribution >= 4 is 5.97 Å². The Kier molecular flexibility index (Phi) is 8.34. The number of halogens is 3. The third kappa shape index (κ3) is 6.60. The Morgan fingerprint density at radius 1 is 1.21 bits per heavy atom. The first-order valence-corrected chi connectivity index (χ1v) is 9.77. The average molecular weight is 418 g/mol. The van der Waals surface area contributed by atoms with Crippen LogP contribution in [0.3, 0.4) is 0 Å². The lowest BCUT2D eigenvalue weighted by Gasteiger charge is -2.20. The van der Waals surface area contributed by atoms with Gasteiger partial charge in [0.1, 0.15) is 11.9 Å².